The number of rotatable bonds is 4. The minimum Gasteiger partial charge on any atom is -0.386 e. The monoisotopic (exact) mass is 317 g/mol. The topological polar surface area (TPSA) is 78.0 Å². The highest BCUT2D eigenvalue weighted by Gasteiger charge is 2.28. The predicted molar refractivity (Wildman–Crippen MR) is 83.1 cm³/mol. The molecule has 3 rings (SSSR count). The Morgan fingerprint density at radius 3 is 2.91 bits per heavy atom. The molecular weight excluding hydrogens is 297 g/mol. The fourth-order valence-electron chi connectivity index (χ4n) is 3.00. The Labute approximate surface area is 133 Å². The summed E-state index contributed by atoms with van der Waals surface area (Å²) in [6, 6.07) is 5.21. The van der Waals surface area contributed by atoms with Crippen LogP contribution in [-0.4, -0.2) is 27.3 Å². The number of fused-ring (bicyclic) bond motifs is 1. The zero-order chi connectivity index (χ0) is 16.4. The molecule has 1 heterocycles. The number of amides is 1. The maximum absolute atomic E-state index is 12.9. The van der Waals surface area contributed by atoms with Crippen LogP contribution >= 0.6 is 0 Å². The molecule has 1 aliphatic rings. The molecule has 1 aromatic carbocycles. The lowest BCUT2D eigenvalue weighted by Crippen LogP contribution is -2.42. The van der Waals surface area contributed by atoms with Crippen molar-refractivity contribution in [3.05, 3.63) is 53.1 Å². The summed E-state index contributed by atoms with van der Waals surface area (Å²) in [4.78, 5) is 12.4. The number of carbonyl (C=O) groups is 1. The van der Waals surface area contributed by atoms with E-state index in [1.807, 2.05) is 6.20 Å². The highest BCUT2D eigenvalue weighted by Crippen LogP contribution is 2.24. The fraction of sp³-hybridized carbons (Fsp3) is 0.412. The third-order valence-electron chi connectivity index (χ3n) is 4.45. The van der Waals surface area contributed by atoms with Gasteiger partial charge in [0.05, 0.1) is 18.3 Å². The minimum atomic E-state index is -0.870. The molecule has 0 bridgehead atoms. The number of nitrogens with zero attached hydrogens (tertiary/aromatic N) is 1. The Bertz CT molecular complexity index is 683. The number of aliphatic hydroxyl groups excluding tert-OH is 1. The van der Waals surface area contributed by atoms with Gasteiger partial charge in [-0.3, -0.25) is 9.89 Å². The molecule has 0 saturated carbocycles. The van der Waals surface area contributed by atoms with Crippen LogP contribution < -0.4 is 5.32 Å². The van der Waals surface area contributed by atoms with Crippen molar-refractivity contribution in [2.45, 2.75) is 38.3 Å². The van der Waals surface area contributed by atoms with Crippen molar-refractivity contribution in [2.24, 2.45) is 5.92 Å². The number of carbonyl (C=O) groups excluding carboxylic acids is 1. The third-order valence-corrected chi connectivity index (χ3v) is 4.45. The van der Waals surface area contributed by atoms with Crippen molar-refractivity contribution in [3.63, 3.8) is 0 Å². The molecule has 23 heavy (non-hydrogen) atoms. The molecule has 6 heteroatoms. The van der Waals surface area contributed by atoms with E-state index in [4.69, 9.17) is 0 Å². The highest BCUT2D eigenvalue weighted by atomic mass is 19.1. The first kappa shape index (κ1) is 15.7. The van der Waals surface area contributed by atoms with Gasteiger partial charge in [-0.15, -0.1) is 0 Å². The van der Waals surface area contributed by atoms with E-state index < -0.39 is 12.1 Å². The van der Waals surface area contributed by atoms with E-state index in [0.717, 1.165) is 18.5 Å². The summed E-state index contributed by atoms with van der Waals surface area (Å²) >= 11 is 0. The van der Waals surface area contributed by atoms with Gasteiger partial charge in [-0.2, -0.15) is 5.10 Å². The van der Waals surface area contributed by atoms with Gasteiger partial charge >= 0.3 is 0 Å². The SMILES string of the molecule is CC(NC(=O)C1CCc2cn[nH]c2C1)C(O)c1ccc(F)cc1. The number of hydrogen-bond donors (Lipinski definition) is 3. The van der Waals surface area contributed by atoms with E-state index in [1.165, 1.54) is 29.8 Å². The minimum absolute atomic E-state index is 0.0705. The molecule has 122 valence electrons. The Morgan fingerprint density at radius 2 is 2.17 bits per heavy atom. The van der Waals surface area contributed by atoms with Crippen LogP contribution in [0, 0.1) is 11.7 Å². The normalized spacial score (nSPS) is 19.7. The Morgan fingerprint density at radius 1 is 1.43 bits per heavy atom. The van der Waals surface area contributed by atoms with E-state index in [1.54, 1.807) is 6.92 Å². The van der Waals surface area contributed by atoms with E-state index in [2.05, 4.69) is 15.5 Å². The zero-order valence-electron chi connectivity index (χ0n) is 12.9. The van der Waals surface area contributed by atoms with Crippen LogP contribution in [0.3, 0.4) is 0 Å². The molecule has 0 saturated heterocycles. The quantitative estimate of drug-likeness (QED) is 0.806. The molecule has 2 aromatic rings. The molecule has 1 aliphatic carbocycles. The molecule has 3 unspecified atom stereocenters. The van der Waals surface area contributed by atoms with E-state index in [0.29, 0.717) is 12.0 Å². The van der Waals surface area contributed by atoms with E-state index >= 15 is 0 Å². The summed E-state index contributed by atoms with van der Waals surface area (Å²) in [7, 11) is 0. The molecule has 0 fully saturated rings. The van der Waals surface area contributed by atoms with Crippen molar-refractivity contribution in [3.8, 4) is 0 Å². The van der Waals surface area contributed by atoms with Crippen LogP contribution in [0.25, 0.3) is 0 Å². The zero-order valence-corrected chi connectivity index (χ0v) is 12.9. The number of aromatic nitrogens is 2. The van der Waals surface area contributed by atoms with Crippen LogP contribution in [0.1, 0.15) is 36.3 Å². The van der Waals surface area contributed by atoms with Gasteiger partial charge in [-0.25, -0.2) is 4.39 Å². The average Bonchev–Trinajstić information content (AvgIpc) is 3.02. The van der Waals surface area contributed by atoms with E-state index in [-0.39, 0.29) is 17.6 Å². The molecule has 0 spiro atoms. The summed E-state index contributed by atoms with van der Waals surface area (Å²) in [5, 5.41) is 20.1. The third kappa shape index (κ3) is 3.42. The van der Waals surface area contributed by atoms with Gasteiger partial charge in [-0.1, -0.05) is 12.1 Å². The van der Waals surface area contributed by atoms with Crippen LogP contribution in [-0.2, 0) is 17.6 Å². The fourth-order valence-corrected chi connectivity index (χ4v) is 3.00. The number of aryl methyl sites for hydroxylation is 1. The molecule has 3 atom stereocenters. The molecule has 3 N–H and O–H groups in total. The maximum Gasteiger partial charge on any atom is 0.223 e. The largest absolute Gasteiger partial charge is 0.386 e. The van der Waals surface area contributed by atoms with Crippen molar-refractivity contribution >= 4 is 5.91 Å². The van der Waals surface area contributed by atoms with Gasteiger partial charge in [0.15, 0.2) is 0 Å². The van der Waals surface area contributed by atoms with Gasteiger partial charge < -0.3 is 10.4 Å². The molecule has 0 radical (unpaired) electrons. The summed E-state index contributed by atoms with van der Waals surface area (Å²) in [5.41, 5.74) is 2.77. The number of nitrogens with one attached hydrogen (secondary N) is 2. The first-order chi connectivity index (χ1) is 11.0. The summed E-state index contributed by atoms with van der Waals surface area (Å²) in [5.74, 6) is -0.542. The number of aliphatic hydroxyl groups is 1. The van der Waals surface area contributed by atoms with Gasteiger partial charge in [0.25, 0.3) is 0 Å². The van der Waals surface area contributed by atoms with E-state index in [9.17, 15) is 14.3 Å². The van der Waals surface area contributed by atoms with Gasteiger partial charge in [0, 0.05) is 18.0 Å². The molecule has 5 nitrogen and oxygen atoms in total. The Kier molecular flexibility index (Phi) is 4.43. The lowest BCUT2D eigenvalue weighted by molar-refractivity contribution is -0.126. The van der Waals surface area contributed by atoms with Crippen LogP contribution in [0.5, 0.6) is 0 Å². The smallest absolute Gasteiger partial charge is 0.223 e. The average molecular weight is 317 g/mol. The lowest BCUT2D eigenvalue weighted by atomic mass is 9.87. The molecule has 1 amide bonds. The van der Waals surface area contributed by atoms with Crippen LogP contribution in [0.4, 0.5) is 4.39 Å². The molecular formula is C17H20FN3O2. The number of halogens is 1. The first-order valence-electron chi connectivity index (χ1n) is 7.79. The molecule has 1 aromatic heterocycles. The van der Waals surface area contributed by atoms with Crippen LogP contribution in [0.15, 0.2) is 30.5 Å². The second kappa shape index (κ2) is 6.50. The number of aromatic amines is 1. The number of H-pyrrole nitrogens is 1. The van der Waals surface area contributed by atoms with Crippen LogP contribution in [0.2, 0.25) is 0 Å². The predicted octanol–water partition coefficient (Wildman–Crippen LogP) is 1.89. The van der Waals surface area contributed by atoms with Gasteiger partial charge in [0.1, 0.15) is 5.82 Å². The van der Waals surface area contributed by atoms with Crippen molar-refractivity contribution < 1.29 is 14.3 Å². The second-order valence-electron chi connectivity index (χ2n) is 6.11. The molecule has 0 aliphatic heterocycles. The number of hydrogen-bond acceptors (Lipinski definition) is 3. The van der Waals surface area contributed by atoms with Gasteiger partial charge in [0.2, 0.25) is 5.91 Å². The lowest BCUT2D eigenvalue weighted by Gasteiger charge is -2.25. The maximum atomic E-state index is 12.9. The summed E-state index contributed by atoms with van der Waals surface area (Å²) in [6.45, 7) is 1.75. The number of benzene rings is 1. The highest BCUT2D eigenvalue weighted by molar-refractivity contribution is 5.79. The summed E-state index contributed by atoms with van der Waals surface area (Å²) in [6.07, 6.45) is 3.19. The second-order valence-corrected chi connectivity index (χ2v) is 6.11. The van der Waals surface area contributed by atoms with Crippen molar-refractivity contribution in [1.29, 1.82) is 0 Å². The Balaban J connectivity index is 1.60. The van der Waals surface area contributed by atoms with Gasteiger partial charge in [-0.05, 0) is 43.0 Å². The summed E-state index contributed by atoms with van der Waals surface area (Å²) < 4.78 is 12.9. The van der Waals surface area contributed by atoms with Crippen molar-refractivity contribution in [2.75, 3.05) is 0 Å². The standard InChI is InChI=1S/C17H20FN3O2/c1-10(16(22)11-4-6-14(18)7-5-11)20-17(23)12-2-3-13-9-19-21-15(13)8-12/h4-7,9-10,12,16,22H,2-3,8H2,1H3,(H,19,21)(H,20,23). The first-order valence-corrected chi connectivity index (χ1v) is 7.79. The van der Waals surface area contributed by atoms with Crippen molar-refractivity contribution in [1.82, 2.24) is 15.5 Å². The Hall–Kier alpha value is -2.21.